The normalized spacial score (nSPS) is 11.9. The standard InChI is InChI=1S/C14H11BrClF2NO2S/c1-19(8-10-12(16)3-2-4-13(10)18)22(20,21)14-6-5-9(17)7-11(14)15/h2-7H,8H2,1H3. The van der Waals surface area contributed by atoms with Gasteiger partial charge in [-0.25, -0.2) is 17.2 Å². The van der Waals surface area contributed by atoms with Gasteiger partial charge in [0.1, 0.15) is 11.6 Å². The minimum Gasteiger partial charge on any atom is -0.207 e. The Morgan fingerprint density at radius 1 is 1.23 bits per heavy atom. The summed E-state index contributed by atoms with van der Waals surface area (Å²) in [5.74, 6) is -1.15. The monoisotopic (exact) mass is 409 g/mol. The van der Waals surface area contributed by atoms with Crippen molar-refractivity contribution in [3.05, 3.63) is 63.1 Å². The number of benzene rings is 2. The third kappa shape index (κ3) is 3.48. The maximum atomic E-state index is 13.8. The topological polar surface area (TPSA) is 37.4 Å². The predicted molar refractivity (Wildman–Crippen MR) is 84.2 cm³/mol. The van der Waals surface area contributed by atoms with E-state index in [1.807, 2.05) is 0 Å². The first-order valence-corrected chi connectivity index (χ1v) is 8.69. The van der Waals surface area contributed by atoms with Gasteiger partial charge >= 0.3 is 0 Å². The summed E-state index contributed by atoms with van der Waals surface area (Å²) in [5, 5.41) is 0.139. The van der Waals surface area contributed by atoms with E-state index in [9.17, 15) is 17.2 Å². The third-order valence-corrected chi connectivity index (χ3v) is 6.16. The van der Waals surface area contributed by atoms with Crippen LogP contribution < -0.4 is 0 Å². The van der Waals surface area contributed by atoms with E-state index >= 15 is 0 Å². The molecule has 0 unspecified atom stereocenters. The van der Waals surface area contributed by atoms with E-state index in [2.05, 4.69) is 15.9 Å². The van der Waals surface area contributed by atoms with Crippen LogP contribution in [0.5, 0.6) is 0 Å². The second-order valence-corrected chi connectivity index (χ2v) is 7.81. The van der Waals surface area contributed by atoms with Gasteiger partial charge in [0.05, 0.1) is 4.90 Å². The summed E-state index contributed by atoms with van der Waals surface area (Å²) in [6.07, 6.45) is 0. The first-order chi connectivity index (χ1) is 10.2. The van der Waals surface area contributed by atoms with Gasteiger partial charge in [0.2, 0.25) is 10.0 Å². The molecule has 0 saturated heterocycles. The van der Waals surface area contributed by atoms with Crippen LogP contribution in [0.1, 0.15) is 5.56 Å². The van der Waals surface area contributed by atoms with Crippen LogP contribution in [0.25, 0.3) is 0 Å². The molecular weight excluding hydrogens is 400 g/mol. The van der Waals surface area contributed by atoms with Crippen LogP contribution in [0.15, 0.2) is 45.8 Å². The number of hydrogen-bond donors (Lipinski definition) is 0. The molecule has 2 aromatic rings. The summed E-state index contributed by atoms with van der Waals surface area (Å²) in [5.41, 5.74) is 0.0773. The molecule has 118 valence electrons. The third-order valence-electron chi connectivity index (χ3n) is 3.02. The highest BCUT2D eigenvalue weighted by Gasteiger charge is 2.25. The van der Waals surface area contributed by atoms with Crippen molar-refractivity contribution < 1.29 is 17.2 Å². The fraction of sp³-hybridized carbons (Fsp3) is 0.143. The number of nitrogens with zero attached hydrogens (tertiary/aromatic N) is 1. The van der Waals surface area contributed by atoms with Crippen LogP contribution in [0.3, 0.4) is 0 Å². The second-order valence-electron chi connectivity index (χ2n) is 4.54. The van der Waals surface area contributed by atoms with Crippen molar-refractivity contribution in [2.24, 2.45) is 0 Å². The predicted octanol–water partition coefficient (Wildman–Crippen LogP) is 4.20. The van der Waals surface area contributed by atoms with E-state index in [0.29, 0.717) is 0 Å². The Morgan fingerprint density at radius 2 is 1.91 bits per heavy atom. The average molecular weight is 411 g/mol. The second kappa shape index (κ2) is 6.62. The van der Waals surface area contributed by atoms with Gasteiger partial charge in [-0.15, -0.1) is 0 Å². The maximum Gasteiger partial charge on any atom is 0.244 e. The molecular formula is C14H11BrClF2NO2S. The lowest BCUT2D eigenvalue weighted by atomic mass is 10.2. The molecule has 8 heteroatoms. The molecule has 0 bridgehead atoms. The molecule has 0 heterocycles. The Kier molecular flexibility index (Phi) is 5.21. The number of halogens is 4. The van der Waals surface area contributed by atoms with Gasteiger partial charge < -0.3 is 0 Å². The van der Waals surface area contributed by atoms with Crippen molar-refractivity contribution in [1.82, 2.24) is 4.31 Å². The number of hydrogen-bond acceptors (Lipinski definition) is 2. The van der Waals surface area contributed by atoms with E-state index in [0.717, 1.165) is 22.5 Å². The van der Waals surface area contributed by atoms with E-state index in [1.54, 1.807) is 0 Å². The summed E-state index contributed by atoms with van der Waals surface area (Å²) in [6.45, 7) is -0.238. The first-order valence-electron chi connectivity index (χ1n) is 6.08. The smallest absolute Gasteiger partial charge is 0.207 e. The molecule has 0 saturated carbocycles. The molecule has 22 heavy (non-hydrogen) atoms. The van der Waals surface area contributed by atoms with Crippen molar-refractivity contribution >= 4 is 37.6 Å². The molecule has 0 aliphatic heterocycles. The fourth-order valence-electron chi connectivity index (χ4n) is 1.84. The largest absolute Gasteiger partial charge is 0.244 e. The average Bonchev–Trinajstić information content (AvgIpc) is 2.42. The molecule has 0 spiro atoms. The van der Waals surface area contributed by atoms with Gasteiger partial charge in [0.15, 0.2) is 0 Å². The molecule has 3 nitrogen and oxygen atoms in total. The molecule has 0 radical (unpaired) electrons. The summed E-state index contributed by atoms with van der Waals surface area (Å²) < 4.78 is 52.9. The lowest BCUT2D eigenvalue weighted by Crippen LogP contribution is -2.27. The lowest BCUT2D eigenvalue weighted by Gasteiger charge is -2.19. The van der Waals surface area contributed by atoms with Crippen molar-refractivity contribution in [1.29, 1.82) is 0 Å². The molecule has 0 N–H and O–H groups in total. The Bertz CT molecular complexity index is 794. The zero-order valence-corrected chi connectivity index (χ0v) is 14.5. The molecule has 0 atom stereocenters. The number of rotatable bonds is 4. The summed E-state index contributed by atoms with van der Waals surface area (Å²) in [6, 6.07) is 7.36. The highest BCUT2D eigenvalue weighted by Crippen LogP contribution is 2.28. The van der Waals surface area contributed by atoms with Gasteiger partial charge in [0.25, 0.3) is 0 Å². The van der Waals surface area contributed by atoms with Gasteiger partial charge in [-0.3, -0.25) is 0 Å². The zero-order chi connectivity index (χ0) is 16.5. The van der Waals surface area contributed by atoms with Crippen LogP contribution >= 0.6 is 27.5 Å². The molecule has 2 rings (SSSR count). The van der Waals surface area contributed by atoms with Crippen LogP contribution in [0.2, 0.25) is 5.02 Å². The van der Waals surface area contributed by atoms with Crippen LogP contribution in [-0.4, -0.2) is 19.8 Å². The minimum atomic E-state index is -3.92. The molecule has 2 aromatic carbocycles. The maximum absolute atomic E-state index is 13.8. The van der Waals surface area contributed by atoms with Gasteiger partial charge in [-0.05, 0) is 46.3 Å². The molecule has 0 aliphatic carbocycles. The Morgan fingerprint density at radius 3 is 2.50 bits per heavy atom. The van der Waals surface area contributed by atoms with E-state index in [1.165, 1.54) is 25.2 Å². The minimum absolute atomic E-state index is 0.0773. The van der Waals surface area contributed by atoms with Crippen molar-refractivity contribution in [2.75, 3.05) is 7.05 Å². The first kappa shape index (κ1) is 17.3. The Labute approximate surface area is 140 Å². The summed E-state index contributed by atoms with van der Waals surface area (Å²) >= 11 is 8.92. The van der Waals surface area contributed by atoms with Gasteiger partial charge in [-0.2, -0.15) is 4.31 Å². The van der Waals surface area contributed by atoms with Crippen molar-refractivity contribution in [3.63, 3.8) is 0 Å². The Balaban J connectivity index is 2.37. The van der Waals surface area contributed by atoms with Gasteiger partial charge in [-0.1, -0.05) is 17.7 Å². The van der Waals surface area contributed by atoms with E-state index in [4.69, 9.17) is 11.6 Å². The molecule has 0 amide bonds. The number of sulfonamides is 1. The fourth-order valence-corrected chi connectivity index (χ4v) is 4.21. The highest BCUT2D eigenvalue weighted by atomic mass is 79.9. The van der Waals surface area contributed by atoms with Crippen LogP contribution in [-0.2, 0) is 16.6 Å². The van der Waals surface area contributed by atoms with Crippen LogP contribution in [0, 0.1) is 11.6 Å². The van der Waals surface area contributed by atoms with E-state index < -0.39 is 21.7 Å². The van der Waals surface area contributed by atoms with Gasteiger partial charge in [0, 0.05) is 28.7 Å². The molecule has 0 aromatic heterocycles. The van der Waals surface area contributed by atoms with Crippen molar-refractivity contribution in [2.45, 2.75) is 11.4 Å². The van der Waals surface area contributed by atoms with E-state index in [-0.39, 0.29) is 26.5 Å². The van der Waals surface area contributed by atoms with Crippen LogP contribution in [0.4, 0.5) is 8.78 Å². The highest BCUT2D eigenvalue weighted by molar-refractivity contribution is 9.10. The Hall–Kier alpha value is -1.02. The molecule has 0 fully saturated rings. The quantitative estimate of drug-likeness (QED) is 0.757. The summed E-state index contributed by atoms with van der Waals surface area (Å²) in [7, 11) is -2.62. The van der Waals surface area contributed by atoms with Crippen molar-refractivity contribution in [3.8, 4) is 0 Å². The summed E-state index contributed by atoms with van der Waals surface area (Å²) in [4.78, 5) is -0.108. The lowest BCUT2D eigenvalue weighted by molar-refractivity contribution is 0.456. The zero-order valence-electron chi connectivity index (χ0n) is 11.4. The molecule has 0 aliphatic rings. The SMILES string of the molecule is CN(Cc1c(F)cccc1Cl)S(=O)(=O)c1ccc(F)cc1Br.